The summed E-state index contributed by atoms with van der Waals surface area (Å²) in [7, 11) is 0. The Morgan fingerprint density at radius 1 is 1.10 bits per heavy atom. The van der Waals surface area contributed by atoms with Crippen LogP contribution >= 0.6 is 11.6 Å². The Bertz CT molecular complexity index is 991. The number of hydrogen-bond acceptors (Lipinski definition) is 5. The highest BCUT2D eigenvalue weighted by atomic mass is 35.5. The van der Waals surface area contributed by atoms with Gasteiger partial charge < -0.3 is 15.6 Å². The van der Waals surface area contributed by atoms with E-state index in [1.54, 1.807) is 0 Å². The molecule has 9 heteroatoms. The Hall–Kier alpha value is -2.74. The minimum absolute atomic E-state index is 0.106. The van der Waals surface area contributed by atoms with E-state index >= 15 is 0 Å². The van der Waals surface area contributed by atoms with Gasteiger partial charge in [-0.25, -0.2) is 0 Å². The lowest BCUT2D eigenvalue weighted by atomic mass is 10.1. The molecule has 0 aliphatic heterocycles. The predicted octanol–water partition coefficient (Wildman–Crippen LogP) is 0.0778. The third-order valence-electron chi connectivity index (χ3n) is 2.94. The third-order valence-corrected chi connectivity index (χ3v) is 3.18. The van der Waals surface area contributed by atoms with Crippen LogP contribution in [0.1, 0.15) is 0 Å². The molecule has 0 saturated heterocycles. The molecule has 0 unspecified atom stereocenters. The number of hydrogen-bond donors (Lipinski definition) is 2. The SMILES string of the molecule is O=c1c2cc3cc(Cl)ccc3[n+]([O-])c2c(=O)n(O)n1O. The van der Waals surface area contributed by atoms with E-state index in [0.717, 1.165) is 0 Å². The van der Waals surface area contributed by atoms with Gasteiger partial charge in [-0.3, -0.25) is 9.59 Å². The summed E-state index contributed by atoms with van der Waals surface area (Å²) in [6, 6.07) is 5.53. The van der Waals surface area contributed by atoms with Gasteiger partial charge in [0.25, 0.3) is 0 Å². The average molecular weight is 296 g/mol. The molecule has 0 spiro atoms. The summed E-state index contributed by atoms with van der Waals surface area (Å²) in [6.07, 6.45) is 0. The van der Waals surface area contributed by atoms with Crippen molar-refractivity contribution in [3.63, 3.8) is 0 Å². The van der Waals surface area contributed by atoms with Gasteiger partial charge in [-0.2, -0.15) is 4.73 Å². The molecule has 0 aliphatic rings. The lowest BCUT2D eigenvalue weighted by Crippen LogP contribution is -2.43. The molecule has 8 nitrogen and oxygen atoms in total. The molecule has 0 aliphatic carbocycles. The average Bonchev–Trinajstić information content (AvgIpc) is 2.42. The smallest absolute Gasteiger partial charge is 0.377 e. The van der Waals surface area contributed by atoms with Crippen LogP contribution in [0.25, 0.3) is 21.8 Å². The summed E-state index contributed by atoms with van der Waals surface area (Å²) in [5.41, 5.74) is -2.78. The Labute approximate surface area is 114 Å². The molecule has 3 aromatic rings. The molecule has 0 atom stereocenters. The number of rotatable bonds is 0. The molecule has 102 valence electrons. The summed E-state index contributed by atoms with van der Waals surface area (Å²) in [6.45, 7) is 0. The Morgan fingerprint density at radius 2 is 1.75 bits per heavy atom. The molecule has 0 saturated carbocycles. The number of aromatic nitrogens is 3. The van der Waals surface area contributed by atoms with Crippen molar-refractivity contribution in [3.8, 4) is 0 Å². The van der Waals surface area contributed by atoms with Crippen LogP contribution in [0, 0.1) is 5.21 Å². The molecule has 1 aromatic carbocycles. The fraction of sp³-hybridized carbons (Fsp3) is 0. The van der Waals surface area contributed by atoms with Gasteiger partial charge in [-0.15, -0.1) is 0 Å². The van der Waals surface area contributed by atoms with E-state index in [-0.39, 0.29) is 25.3 Å². The second kappa shape index (κ2) is 3.87. The number of benzene rings is 1. The van der Waals surface area contributed by atoms with Crippen molar-refractivity contribution in [2.24, 2.45) is 0 Å². The van der Waals surface area contributed by atoms with E-state index < -0.39 is 16.6 Å². The molecule has 2 N–H and O–H groups in total. The lowest BCUT2D eigenvalue weighted by Gasteiger charge is -2.07. The van der Waals surface area contributed by atoms with E-state index in [1.807, 2.05) is 0 Å². The van der Waals surface area contributed by atoms with Gasteiger partial charge in [0.05, 0.1) is 0 Å². The Balaban J connectivity index is 2.71. The van der Waals surface area contributed by atoms with Crippen LogP contribution in [0.15, 0.2) is 33.9 Å². The number of fused-ring (bicyclic) bond motifs is 2. The van der Waals surface area contributed by atoms with Crippen LogP contribution in [-0.4, -0.2) is 20.1 Å². The van der Waals surface area contributed by atoms with Gasteiger partial charge >= 0.3 is 16.6 Å². The van der Waals surface area contributed by atoms with Gasteiger partial charge in [0, 0.05) is 16.5 Å². The number of nitrogens with zero attached hydrogens (tertiary/aromatic N) is 3. The van der Waals surface area contributed by atoms with E-state index in [0.29, 0.717) is 10.4 Å². The molecule has 20 heavy (non-hydrogen) atoms. The summed E-state index contributed by atoms with van der Waals surface area (Å²) in [4.78, 5) is 23.0. The van der Waals surface area contributed by atoms with Crippen molar-refractivity contribution < 1.29 is 15.1 Å². The van der Waals surface area contributed by atoms with Crippen LogP contribution < -0.4 is 15.8 Å². The first kappa shape index (κ1) is 12.3. The first-order chi connectivity index (χ1) is 9.41. The van der Waals surface area contributed by atoms with E-state index in [2.05, 4.69) is 0 Å². The number of halogens is 1. The van der Waals surface area contributed by atoms with E-state index in [9.17, 15) is 25.2 Å². The Morgan fingerprint density at radius 3 is 2.45 bits per heavy atom. The molecule has 0 radical (unpaired) electrons. The van der Waals surface area contributed by atoms with Crippen molar-refractivity contribution in [3.05, 3.63) is 55.2 Å². The molecule has 0 amide bonds. The Kier molecular flexibility index (Phi) is 2.38. The molecule has 0 bridgehead atoms. The zero-order chi connectivity index (χ0) is 14.6. The highest BCUT2D eigenvalue weighted by Gasteiger charge is 2.22. The fourth-order valence-electron chi connectivity index (χ4n) is 2.02. The zero-order valence-corrected chi connectivity index (χ0v) is 10.4. The molecular weight excluding hydrogens is 290 g/mol. The minimum Gasteiger partial charge on any atom is -0.618 e. The maximum absolute atomic E-state index is 12.2. The molecule has 2 aromatic heterocycles. The van der Waals surface area contributed by atoms with Gasteiger partial charge in [-0.05, 0) is 27.9 Å². The van der Waals surface area contributed by atoms with Gasteiger partial charge in [0.1, 0.15) is 5.39 Å². The highest BCUT2D eigenvalue weighted by Crippen LogP contribution is 2.18. The maximum atomic E-state index is 12.2. The fourth-order valence-corrected chi connectivity index (χ4v) is 2.20. The van der Waals surface area contributed by atoms with Crippen LogP contribution in [0.4, 0.5) is 0 Å². The largest absolute Gasteiger partial charge is 0.618 e. The first-order valence-corrected chi connectivity index (χ1v) is 5.72. The van der Waals surface area contributed by atoms with Crippen molar-refractivity contribution in [2.45, 2.75) is 0 Å². The van der Waals surface area contributed by atoms with Crippen molar-refractivity contribution in [1.29, 1.82) is 0 Å². The van der Waals surface area contributed by atoms with Crippen LogP contribution in [0.2, 0.25) is 5.02 Å². The van der Waals surface area contributed by atoms with E-state index in [4.69, 9.17) is 11.6 Å². The predicted molar refractivity (Wildman–Crippen MR) is 68.3 cm³/mol. The summed E-state index contributed by atoms with van der Waals surface area (Å²) >= 11 is 5.80. The van der Waals surface area contributed by atoms with Crippen LogP contribution in [0.5, 0.6) is 0 Å². The molecule has 3 rings (SSSR count). The highest BCUT2D eigenvalue weighted by molar-refractivity contribution is 6.31. The van der Waals surface area contributed by atoms with Crippen molar-refractivity contribution >= 4 is 33.4 Å². The van der Waals surface area contributed by atoms with Gasteiger partial charge in [0.15, 0.2) is 0 Å². The lowest BCUT2D eigenvalue weighted by molar-refractivity contribution is -0.548. The molecule has 2 heterocycles. The molecular formula is C11H6ClN3O5. The first-order valence-electron chi connectivity index (χ1n) is 5.34. The second-order valence-corrected chi connectivity index (χ2v) is 4.53. The third kappa shape index (κ3) is 1.45. The standard InChI is InChI=1S/C11H6ClN3O5/c12-6-1-2-8-5(3-6)4-7-9(13(8)18)11(17)15(20)14(19)10(7)16/h1-4,19-20H. The summed E-state index contributed by atoms with van der Waals surface area (Å²) in [5.74, 6) is 0. The van der Waals surface area contributed by atoms with Gasteiger partial charge in [0.2, 0.25) is 5.52 Å². The van der Waals surface area contributed by atoms with Crippen LogP contribution in [0.3, 0.4) is 0 Å². The summed E-state index contributed by atoms with van der Waals surface area (Å²) < 4.78 is 0.220. The topological polar surface area (TPSA) is 111 Å². The van der Waals surface area contributed by atoms with Gasteiger partial charge in [-0.1, -0.05) is 11.6 Å². The maximum Gasteiger partial charge on any atom is 0.377 e. The van der Waals surface area contributed by atoms with Crippen molar-refractivity contribution in [1.82, 2.24) is 9.69 Å². The summed E-state index contributed by atoms with van der Waals surface area (Å²) in [5, 5.41) is 31.1. The normalized spacial score (nSPS) is 11.2. The zero-order valence-electron chi connectivity index (χ0n) is 9.65. The quantitative estimate of drug-likeness (QED) is 0.264. The van der Waals surface area contributed by atoms with E-state index in [1.165, 1.54) is 24.3 Å². The van der Waals surface area contributed by atoms with Crippen LogP contribution in [-0.2, 0) is 0 Å². The number of pyridine rings is 1. The van der Waals surface area contributed by atoms with Crippen molar-refractivity contribution in [2.75, 3.05) is 0 Å². The minimum atomic E-state index is -1.21. The second-order valence-electron chi connectivity index (χ2n) is 4.09. The monoisotopic (exact) mass is 295 g/mol. The molecule has 0 fully saturated rings.